The third-order valence-corrected chi connectivity index (χ3v) is 3.96. The van der Waals surface area contributed by atoms with Gasteiger partial charge in [0.25, 0.3) is 0 Å². The Bertz CT molecular complexity index is 458. The van der Waals surface area contributed by atoms with Crippen molar-refractivity contribution >= 4 is 11.8 Å². The molecule has 2 rings (SSSR count). The van der Waals surface area contributed by atoms with E-state index in [0.29, 0.717) is 11.8 Å². The number of nitrogens with one attached hydrogen (secondary N) is 1. The van der Waals surface area contributed by atoms with Gasteiger partial charge in [-0.1, -0.05) is 11.8 Å². The van der Waals surface area contributed by atoms with Gasteiger partial charge in [-0.25, -0.2) is 9.97 Å². The molecule has 18 heavy (non-hydrogen) atoms. The molecule has 96 valence electrons. The average molecular weight is 262 g/mol. The van der Waals surface area contributed by atoms with Crippen LogP contribution < -0.4 is 5.32 Å². The molecule has 1 atom stereocenters. The lowest BCUT2D eigenvalue weighted by Crippen LogP contribution is -2.44. The predicted molar refractivity (Wildman–Crippen MR) is 72.4 cm³/mol. The number of thioether (sulfide) groups is 1. The maximum atomic E-state index is 9.28. The van der Waals surface area contributed by atoms with Gasteiger partial charge < -0.3 is 0 Å². The highest BCUT2D eigenvalue weighted by Crippen LogP contribution is 2.26. The molecular weight excluding hydrogens is 244 g/mol. The number of rotatable bonds is 5. The van der Waals surface area contributed by atoms with E-state index in [-0.39, 0.29) is 0 Å². The SMILES string of the molecule is Cc1cc(C)nc(SCC(C)(C#N)NC2CC2)n1. The minimum absolute atomic E-state index is 0.493. The lowest BCUT2D eigenvalue weighted by molar-refractivity contribution is 0.490. The van der Waals surface area contributed by atoms with E-state index in [0.717, 1.165) is 16.5 Å². The van der Waals surface area contributed by atoms with Crippen LogP contribution in [0.5, 0.6) is 0 Å². The van der Waals surface area contributed by atoms with Gasteiger partial charge >= 0.3 is 0 Å². The summed E-state index contributed by atoms with van der Waals surface area (Å²) in [5.41, 5.74) is 1.45. The molecule has 0 saturated heterocycles. The van der Waals surface area contributed by atoms with Gasteiger partial charge in [-0.05, 0) is 39.7 Å². The fourth-order valence-electron chi connectivity index (χ4n) is 1.75. The van der Waals surface area contributed by atoms with Gasteiger partial charge in [0.1, 0.15) is 5.54 Å². The minimum atomic E-state index is -0.493. The molecule has 0 bridgehead atoms. The lowest BCUT2D eigenvalue weighted by atomic mass is 10.1. The second kappa shape index (κ2) is 5.25. The number of aryl methyl sites for hydroxylation is 2. The van der Waals surface area contributed by atoms with Crippen molar-refractivity contribution in [2.75, 3.05) is 5.75 Å². The van der Waals surface area contributed by atoms with Crippen LogP contribution in [0.4, 0.5) is 0 Å². The fraction of sp³-hybridized carbons (Fsp3) is 0.615. The fourth-order valence-corrected chi connectivity index (χ4v) is 2.73. The Hall–Kier alpha value is -1.12. The zero-order chi connectivity index (χ0) is 13.2. The van der Waals surface area contributed by atoms with E-state index in [1.807, 2.05) is 26.8 Å². The molecule has 0 aromatic carbocycles. The van der Waals surface area contributed by atoms with Gasteiger partial charge in [0.15, 0.2) is 5.16 Å². The van der Waals surface area contributed by atoms with Crippen LogP contribution in [-0.4, -0.2) is 27.3 Å². The molecule has 0 aliphatic heterocycles. The Morgan fingerprint density at radius 3 is 2.56 bits per heavy atom. The summed E-state index contributed by atoms with van der Waals surface area (Å²) in [6.45, 7) is 5.87. The number of hydrogen-bond acceptors (Lipinski definition) is 5. The molecule has 1 aromatic heterocycles. The summed E-state index contributed by atoms with van der Waals surface area (Å²) in [6, 6.07) is 4.84. The van der Waals surface area contributed by atoms with Gasteiger partial charge in [0, 0.05) is 23.2 Å². The lowest BCUT2D eigenvalue weighted by Gasteiger charge is -2.22. The Morgan fingerprint density at radius 1 is 1.44 bits per heavy atom. The maximum absolute atomic E-state index is 9.28. The quantitative estimate of drug-likeness (QED) is 0.651. The van der Waals surface area contributed by atoms with Gasteiger partial charge in [-0.3, -0.25) is 5.32 Å². The monoisotopic (exact) mass is 262 g/mol. The first-order valence-electron chi connectivity index (χ1n) is 6.15. The second-order valence-electron chi connectivity index (χ2n) is 5.08. The Kier molecular flexibility index (Phi) is 3.88. The first-order valence-corrected chi connectivity index (χ1v) is 7.13. The van der Waals surface area contributed by atoms with Crippen molar-refractivity contribution in [3.8, 4) is 6.07 Å². The summed E-state index contributed by atoms with van der Waals surface area (Å²) in [5, 5.41) is 13.4. The number of nitriles is 1. The molecule has 1 fully saturated rings. The van der Waals surface area contributed by atoms with E-state index in [1.165, 1.54) is 12.8 Å². The van der Waals surface area contributed by atoms with Crippen molar-refractivity contribution < 1.29 is 0 Å². The van der Waals surface area contributed by atoms with Crippen molar-refractivity contribution in [3.05, 3.63) is 17.5 Å². The smallest absolute Gasteiger partial charge is 0.188 e. The van der Waals surface area contributed by atoms with E-state index in [2.05, 4.69) is 21.4 Å². The number of hydrogen-bond donors (Lipinski definition) is 1. The molecule has 4 nitrogen and oxygen atoms in total. The number of nitrogens with zero attached hydrogens (tertiary/aromatic N) is 3. The van der Waals surface area contributed by atoms with E-state index in [4.69, 9.17) is 0 Å². The highest BCUT2D eigenvalue weighted by Gasteiger charge is 2.32. The predicted octanol–water partition coefficient (Wildman–Crippen LogP) is 2.22. The highest BCUT2D eigenvalue weighted by molar-refractivity contribution is 7.99. The third kappa shape index (κ3) is 3.69. The van der Waals surface area contributed by atoms with Crippen LogP contribution >= 0.6 is 11.8 Å². The molecule has 1 aromatic rings. The first kappa shape index (κ1) is 13.3. The number of aromatic nitrogens is 2. The second-order valence-corrected chi connectivity index (χ2v) is 6.03. The van der Waals surface area contributed by atoms with E-state index >= 15 is 0 Å². The van der Waals surface area contributed by atoms with Crippen molar-refractivity contribution in [1.82, 2.24) is 15.3 Å². The summed E-state index contributed by atoms with van der Waals surface area (Å²) in [4.78, 5) is 8.76. The summed E-state index contributed by atoms with van der Waals surface area (Å²) in [6.07, 6.45) is 2.37. The molecule has 1 aliphatic carbocycles. The van der Waals surface area contributed by atoms with Crippen LogP contribution in [0, 0.1) is 25.2 Å². The topological polar surface area (TPSA) is 61.6 Å². The van der Waals surface area contributed by atoms with E-state index < -0.39 is 5.54 Å². The molecule has 1 unspecified atom stereocenters. The van der Waals surface area contributed by atoms with Crippen LogP contribution in [0.1, 0.15) is 31.2 Å². The molecule has 0 spiro atoms. The van der Waals surface area contributed by atoms with Crippen molar-refractivity contribution in [2.45, 2.75) is 50.4 Å². The highest BCUT2D eigenvalue weighted by atomic mass is 32.2. The largest absolute Gasteiger partial charge is 0.296 e. The summed E-state index contributed by atoms with van der Waals surface area (Å²) >= 11 is 1.54. The van der Waals surface area contributed by atoms with Crippen LogP contribution in [-0.2, 0) is 0 Å². The normalized spacial score (nSPS) is 18.1. The molecule has 1 saturated carbocycles. The summed E-state index contributed by atoms with van der Waals surface area (Å²) in [7, 11) is 0. The summed E-state index contributed by atoms with van der Waals surface area (Å²) in [5.74, 6) is 0.670. The van der Waals surface area contributed by atoms with Gasteiger partial charge in [-0.2, -0.15) is 5.26 Å². The standard InChI is InChI=1S/C13H18N4S/c1-9-6-10(2)16-12(15-9)18-8-13(3,7-14)17-11-4-5-11/h6,11,17H,4-5,8H2,1-3H3. The Labute approximate surface area is 112 Å². The molecular formula is C13H18N4S. The molecule has 1 N–H and O–H groups in total. The molecule has 5 heteroatoms. The summed E-state index contributed by atoms with van der Waals surface area (Å²) < 4.78 is 0. The zero-order valence-corrected chi connectivity index (χ0v) is 11.8. The first-order chi connectivity index (χ1) is 8.50. The van der Waals surface area contributed by atoms with Gasteiger partial charge in [0.05, 0.1) is 6.07 Å². The van der Waals surface area contributed by atoms with Crippen LogP contribution in [0.25, 0.3) is 0 Å². The molecule has 0 amide bonds. The van der Waals surface area contributed by atoms with Crippen molar-refractivity contribution in [3.63, 3.8) is 0 Å². The minimum Gasteiger partial charge on any atom is -0.296 e. The van der Waals surface area contributed by atoms with E-state index in [1.54, 1.807) is 11.8 Å². The van der Waals surface area contributed by atoms with Crippen molar-refractivity contribution in [1.29, 1.82) is 5.26 Å². The Morgan fingerprint density at radius 2 is 2.06 bits per heavy atom. The zero-order valence-electron chi connectivity index (χ0n) is 11.0. The molecule has 1 heterocycles. The Balaban J connectivity index is 1.98. The van der Waals surface area contributed by atoms with Crippen LogP contribution in [0.2, 0.25) is 0 Å². The third-order valence-electron chi connectivity index (χ3n) is 2.80. The van der Waals surface area contributed by atoms with Crippen LogP contribution in [0.15, 0.2) is 11.2 Å². The van der Waals surface area contributed by atoms with Crippen molar-refractivity contribution in [2.24, 2.45) is 0 Å². The van der Waals surface area contributed by atoms with Gasteiger partial charge in [-0.15, -0.1) is 0 Å². The van der Waals surface area contributed by atoms with Crippen LogP contribution in [0.3, 0.4) is 0 Å². The molecule has 0 radical (unpaired) electrons. The van der Waals surface area contributed by atoms with Gasteiger partial charge in [0.2, 0.25) is 0 Å². The van der Waals surface area contributed by atoms with E-state index in [9.17, 15) is 5.26 Å². The maximum Gasteiger partial charge on any atom is 0.188 e. The average Bonchev–Trinajstić information content (AvgIpc) is 3.09. The molecule has 1 aliphatic rings.